The second-order valence-electron chi connectivity index (χ2n) is 1.98. The Morgan fingerprint density at radius 3 is 3.00 bits per heavy atom. The molecule has 1 aromatic heterocycles. The molecule has 4 heteroatoms. The highest BCUT2D eigenvalue weighted by Gasteiger charge is 1.98. The summed E-state index contributed by atoms with van der Waals surface area (Å²) in [7, 11) is 0. The number of ether oxygens (including phenoxy) is 1. The van der Waals surface area contributed by atoms with E-state index in [1.54, 1.807) is 6.07 Å². The van der Waals surface area contributed by atoms with Crippen molar-refractivity contribution >= 4 is 17.3 Å². The van der Waals surface area contributed by atoms with Crippen LogP contribution in [0, 0.1) is 0 Å². The molecule has 11 heavy (non-hydrogen) atoms. The number of nitrogens with two attached hydrogens (primary N) is 1. The number of hydrogen-bond acceptors (Lipinski definition) is 3. The fourth-order valence-corrected chi connectivity index (χ4v) is 0.764. The van der Waals surface area contributed by atoms with E-state index in [0.717, 1.165) is 0 Å². The Bertz CT molecular complexity index is 252. The summed E-state index contributed by atoms with van der Waals surface area (Å²) < 4.78 is 5.09. The predicted molar refractivity (Wildman–Crippen MR) is 44.8 cm³/mol. The predicted octanol–water partition coefficient (Wildman–Crippen LogP) is 1.72. The summed E-state index contributed by atoms with van der Waals surface area (Å²) >= 11 is 5.64. The van der Waals surface area contributed by atoms with Crippen molar-refractivity contribution in [2.24, 2.45) is 0 Å². The van der Waals surface area contributed by atoms with Gasteiger partial charge in [-0.05, 0) is 6.92 Å². The van der Waals surface area contributed by atoms with Gasteiger partial charge in [-0.2, -0.15) is 0 Å². The van der Waals surface area contributed by atoms with E-state index in [4.69, 9.17) is 22.1 Å². The second kappa shape index (κ2) is 3.44. The van der Waals surface area contributed by atoms with Crippen LogP contribution in [0.25, 0.3) is 0 Å². The standard InChI is InChI=1S/C7H9ClN2O/c1-2-11-7-3-6(9)5(8)4-10-7/h3-4H,2H2,1H3,(H2,9,10). The lowest BCUT2D eigenvalue weighted by Gasteiger charge is -2.02. The van der Waals surface area contributed by atoms with Gasteiger partial charge in [0.15, 0.2) is 0 Å². The van der Waals surface area contributed by atoms with Gasteiger partial charge in [-0.3, -0.25) is 0 Å². The Morgan fingerprint density at radius 2 is 2.45 bits per heavy atom. The highest BCUT2D eigenvalue weighted by atomic mass is 35.5. The van der Waals surface area contributed by atoms with Crippen LogP contribution in [-0.4, -0.2) is 11.6 Å². The molecule has 0 atom stereocenters. The third-order valence-corrected chi connectivity index (χ3v) is 1.47. The lowest BCUT2D eigenvalue weighted by atomic mass is 10.4. The van der Waals surface area contributed by atoms with E-state index in [2.05, 4.69) is 4.98 Å². The molecule has 1 heterocycles. The molecule has 0 amide bonds. The second-order valence-corrected chi connectivity index (χ2v) is 2.38. The minimum Gasteiger partial charge on any atom is -0.478 e. The zero-order chi connectivity index (χ0) is 8.27. The molecule has 60 valence electrons. The van der Waals surface area contributed by atoms with E-state index < -0.39 is 0 Å². The van der Waals surface area contributed by atoms with E-state index in [1.165, 1.54) is 6.20 Å². The molecular weight excluding hydrogens is 164 g/mol. The van der Waals surface area contributed by atoms with Crippen molar-refractivity contribution in [2.75, 3.05) is 12.3 Å². The summed E-state index contributed by atoms with van der Waals surface area (Å²) in [5.41, 5.74) is 5.99. The number of pyridine rings is 1. The maximum atomic E-state index is 5.64. The van der Waals surface area contributed by atoms with E-state index in [-0.39, 0.29) is 0 Å². The highest BCUT2D eigenvalue weighted by Crippen LogP contribution is 2.20. The average Bonchev–Trinajstić information content (AvgIpc) is 1.98. The number of halogens is 1. The molecule has 1 rings (SSSR count). The van der Waals surface area contributed by atoms with Gasteiger partial charge in [-0.15, -0.1) is 0 Å². The largest absolute Gasteiger partial charge is 0.478 e. The molecule has 0 aromatic carbocycles. The van der Waals surface area contributed by atoms with Gasteiger partial charge in [0.2, 0.25) is 5.88 Å². The van der Waals surface area contributed by atoms with Crippen LogP contribution in [0.3, 0.4) is 0 Å². The van der Waals surface area contributed by atoms with E-state index in [1.807, 2.05) is 6.92 Å². The number of anilines is 1. The van der Waals surface area contributed by atoms with E-state index in [0.29, 0.717) is 23.2 Å². The summed E-state index contributed by atoms with van der Waals surface area (Å²) in [6.45, 7) is 2.46. The van der Waals surface area contributed by atoms with Crippen LogP contribution < -0.4 is 10.5 Å². The fraction of sp³-hybridized carbons (Fsp3) is 0.286. The van der Waals surface area contributed by atoms with Gasteiger partial charge in [-0.25, -0.2) is 4.98 Å². The van der Waals surface area contributed by atoms with Gasteiger partial charge in [0.05, 0.1) is 23.5 Å². The van der Waals surface area contributed by atoms with Crippen LogP contribution in [0.15, 0.2) is 12.3 Å². The summed E-state index contributed by atoms with van der Waals surface area (Å²) in [6.07, 6.45) is 1.47. The van der Waals surface area contributed by atoms with Gasteiger partial charge in [-0.1, -0.05) is 11.6 Å². The summed E-state index contributed by atoms with van der Waals surface area (Å²) in [5, 5.41) is 0.452. The average molecular weight is 173 g/mol. The zero-order valence-electron chi connectivity index (χ0n) is 6.17. The van der Waals surface area contributed by atoms with E-state index >= 15 is 0 Å². The van der Waals surface area contributed by atoms with Crippen molar-refractivity contribution in [1.29, 1.82) is 0 Å². The first kappa shape index (κ1) is 8.14. The number of rotatable bonds is 2. The third kappa shape index (κ3) is 1.98. The number of nitrogens with zero attached hydrogens (tertiary/aromatic N) is 1. The fourth-order valence-electron chi connectivity index (χ4n) is 0.661. The molecular formula is C7H9ClN2O. The SMILES string of the molecule is CCOc1cc(N)c(Cl)cn1. The topological polar surface area (TPSA) is 48.1 Å². The molecule has 0 unspecified atom stereocenters. The lowest BCUT2D eigenvalue weighted by molar-refractivity contribution is 0.327. The Balaban J connectivity index is 2.86. The van der Waals surface area contributed by atoms with Gasteiger partial charge in [0.1, 0.15) is 0 Å². The smallest absolute Gasteiger partial charge is 0.215 e. The lowest BCUT2D eigenvalue weighted by Crippen LogP contribution is -1.96. The zero-order valence-corrected chi connectivity index (χ0v) is 6.93. The van der Waals surface area contributed by atoms with Crippen molar-refractivity contribution in [1.82, 2.24) is 4.98 Å². The molecule has 0 fully saturated rings. The van der Waals surface area contributed by atoms with Crippen molar-refractivity contribution in [3.05, 3.63) is 17.3 Å². The Hall–Kier alpha value is -0.960. The maximum Gasteiger partial charge on any atom is 0.215 e. The number of hydrogen-bond donors (Lipinski definition) is 1. The monoisotopic (exact) mass is 172 g/mol. The quantitative estimate of drug-likeness (QED) is 0.739. The Labute approximate surface area is 70.1 Å². The van der Waals surface area contributed by atoms with Crippen LogP contribution >= 0.6 is 11.6 Å². The van der Waals surface area contributed by atoms with Gasteiger partial charge in [0.25, 0.3) is 0 Å². The molecule has 1 aromatic rings. The summed E-state index contributed by atoms with van der Waals surface area (Å²) in [4.78, 5) is 3.89. The van der Waals surface area contributed by atoms with Crippen molar-refractivity contribution < 1.29 is 4.74 Å². The van der Waals surface area contributed by atoms with Crippen LogP contribution in [0.1, 0.15) is 6.92 Å². The molecule has 2 N–H and O–H groups in total. The number of aromatic nitrogens is 1. The van der Waals surface area contributed by atoms with Gasteiger partial charge < -0.3 is 10.5 Å². The molecule has 0 aliphatic carbocycles. The van der Waals surface area contributed by atoms with E-state index in [9.17, 15) is 0 Å². The molecule has 0 radical (unpaired) electrons. The van der Waals surface area contributed by atoms with Crippen LogP contribution in [-0.2, 0) is 0 Å². The first-order valence-electron chi connectivity index (χ1n) is 3.28. The molecule has 0 aliphatic heterocycles. The van der Waals surface area contributed by atoms with Crippen molar-refractivity contribution in [2.45, 2.75) is 6.92 Å². The maximum absolute atomic E-state index is 5.64. The van der Waals surface area contributed by atoms with Gasteiger partial charge >= 0.3 is 0 Å². The minimum absolute atomic E-state index is 0.452. The normalized spacial score (nSPS) is 9.64. The van der Waals surface area contributed by atoms with Crippen molar-refractivity contribution in [3.63, 3.8) is 0 Å². The van der Waals surface area contributed by atoms with Crippen LogP contribution in [0.4, 0.5) is 5.69 Å². The Kier molecular flexibility index (Phi) is 2.54. The molecule has 0 saturated carbocycles. The third-order valence-electron chi connectivity index (χ3n) is 1.15. The number of nitrogen functional groups attached to an aromatic ring is 1. The Morgan fingerprint density at radius 1 is 1.73 bits per heavy atom. The minimum atomic E-state index is 0.452. The van der Waals surface area contributed by atoms with Crippen molar-refractivity contribution in [3.8, 4) is 5.88 Å². The summed E-state index contributed by atoms with van der Waals surface area (Å²) in [5.74, 6) is 0.509. The van der Waals surface area contributed by atoms with Gasteiger partial charge in [0, 0.05) is 6.07 Å². The molecule has 0 spiro atoms. The first-order chi connectivity index (χ1) is 5.24. The molecule has 3 nitrogen and oxygen atoms in total. The summed E-state index contributed by atoms with van der Waals surface area (Å²) in [6, 6.07) is 1.60. The molecule has 0 bridgehead atoms. The molecule has 0 aliphatic rings. The highest BCUT2D eigenvalue weighted by molar-refractivity contribution is 6.32. The van der Waals surface area contributed by atoms with Crippen LogP contribution in [0.5, 0.6) is 5.88 Å². The molecule has 0 saturated heterocycles. The van der Waals surface area contributed by atoms with Crippen LogP contribution in [0.2, 0.25) is 5.02 Å². The first-order valence-corrected chi connectivity index (χ1v) is 3.65.